The highest BCUT2D eigenvalue weighted by Gasteiger charge is 2.27. The highest BCUT2D eigenvalue weighted by Crippen LogP contribution is 2.22. The number of hydrogen-bond acceptors (Lipinski definition) is 5. The minimum absolute atomic E-state index is 0.0594. The van der Waals surface area contributed by atoms with Crippen molar-refractivity contribution >= 4 is 15.5 Å². The Balaban J connectivity index is 1.72. The third-order valence-electron chi connectivity index (χ3n) is 4.76. The predicted octanol–water partition coefficient (Wildman–Crippen LogP) is 0.977. The molecule has 1 saturated heterocycles. The maximum atomic E-state index is 12.4. The van der Waals surface area contributed by atoms with Gasteiger partial charge in [-0.1, -0.05) is 30.3 Å². The summed E-state index contributed by atoms with van der Waals surface area (Å²) in [6.07, 6.45) is 2.41. The standard InChI is InChI=1S/C18H20N4O3S/c1-21-18(23)22-11-15(13-5-3-2-4-6-13)9-14(17(22)20-21)10-19-16-7-8-26(24,25)12-16/h2-6,9,11,16,19H,7-8,10,12H2,1H3. The van der Waals surface area contributed by atoms with Gasteiger partial charge in [0.15, 0.2) is 15.5 Å². The molecule has 136 valence electrons. The average molecular weight is 372 g/mol. The smallest absolute Gasteiger partial charge is 0.309 e. The van der Waals surface area contributed by atoms with E-state index in [0.717, 1.165) is 16.7 Å². The molecule has 1 aliphatic rings. The third-order valence-corrected chi connectivity index (χ3v) is 6.53. The molecule has 26 heavy (non-hydrogen) atoms. The van der Waals surface area contributed by atoms with E-state index < -0.39 is 9.84 Å². The van der Waals surface area contributed by atoms with Crippen molar-refractivity contribution < 1.29 is 8.42 Å². The number of fused-ring (bicyclic) bond motifs is 1. The van der Waals surface area contributed by atoms with Crippen molar-refractivity contribution in [3.8, 4) is 11.1 Å². The minimum atomic E-state index is -2.93. The van der Waals surface area contributed by atoms with Gasteiger partial charge in [0.25, 0.3) is 0 Å². The summed E-state index contributed by atoms with van der Waals surface area (Å²) in [6, 6.07) is 11.8. The first-order chi connectivity index (χ1) is 12.4. The molecule has 0 saturated carbocycles. The van der Waals surface area contributed by atoms with E-state index in [4.69, 9.17) is 0 Å². The molecule has 0 aliphatic carbocycles. The zero-order chi connectivity index (χ0) is 18.3. The molecule has 1 fully saturated rings. The zero-order valence-corrected chi connectivity index (χ0v) is 15.2. The SMILES string of the molecule is Cn1nc2c(CNC3CCS(=O)(=O)C3)cc(-c3ccccc3)cn2c1=O. The second kappa shape index (κ2) is 6.37. The van der Waals surface area contributed by atoms with Crippen LogP contribution in [0, 0.1) is 0 Å². The lowest BCUT2D eigenvalue weighted by Crippen LogP contribution is -2.29. The number of hydrogen-bond donors (Lipinski definition) is 1. The van der Waals surface area contributed by atoms with Crippen LogP contribution >= 0.6 is 0 Å². The summed E-state index contributed by atoms with van der Waals surface area (Å²) in [7, 11) is -1.31. The van der Waals surface area contributed by atoms with Crippen LogP contribution in [0.25, 0.3) is 16.8 Å². The van der Waals surface area contributed by atoms with Crippen LogP contribution in [0.2, 0.25) is 0 Å². The van der Waals surface area contributed by atoms with Gasteiger partial charge in [-0.2, -0.15) is 0 Å². The Morgan fingerprint density at radius 3 is 2.69 bits per heavy atom. The number of rotatable bonds is 4. The van der Waals surface area contributed by atoms with E-state index in [-0.39, 0.29) is 23.2 Å². The third kappa shape index (κ3) is 3.17. The second-order valence-corrected chi connectivity index (χ2v) is 8.93. The number of benzene rings is 1. The van der Waals surface area contributed by atoms with Gasteiger partial charge in [0, 0.05) is 31.4 Å². The van der Waals surface area contributed by atoms with Crippen molar-refractivity contribution in [2.45, 2.75) is 19.0 Å². The first-order valence-electron chi connectivity index (χ1n) is 8.50. The predicted molar refractivity (Wildman–Crippen MR) is 99.8 cm³/mol. The minimum Gasteiger partial charge on any atom is -0.309 e. The summed E-state index contributed by atoms with van der Waals surface area (Å²) in [5.74, 6) is 0.393. The normalized spacial score (nSPS) is 19.2. The van der Waals surface area contributed by atoms with Gasteiger partial charge < -0.3 is 5.32 Å². The Morgan fingerprint density at radius 1 is 1.23 bits per heavy atom. The molecule has 3 aromatic rings. The molecule has 1 aliphatic heterocycles. The molecule has 2 aromatic heterocycles. The number of aromatic nitrogens is 3. The van der Waals surface area contributed by atoms with Gasteiger partial charge in [0.05, 0.1) is 11.5 Å². The summed E-state index contributed by atoms with van der Waals surface area (Å²) in [4.78, 5) is 12.4. The first-order valence-corrected chi connectivity index (χ1v) is 10.3. The van der Waals surface area contributed by atoms with Crippen LogP contribution in [-0.4, -0.2) is 40.1 Å². The highest BCUT2D eigenvalue weighted by atomic mass is 32.2. The summed E-state index contributed by atoms with van der Waals surface area (Å²) < 4.78 is 26.2. The van der Waals surface area contributed by atoms with Crippen LogP contribution in [0.3, 0.4) is 0 Å². The maximum Gasteiger partial charge on any atom is 0.350 e. The van der Waals surface area contributed by atoms with Gasteiger partial charge >= 0.3 is 5.69 Å². The molecule has 1 unspecified atom stereocenters. The van der Waals surface area contributed by atoms with Crippen molar-refractivity contribution in [2.75, 3.05) is 11.5 Å². The monoisotopic (exact) mass is 372 g/mol. The number of pyridine rings is 1. The average Bonchev–Trinajstić information content (AvgIpc) is 3.13. The summed E-state index contributed by atoms with van der Waals surface area (Å²) in [6.45, 7) is 0.459. The maximum absolute atomic E-state index is 12.4. The van der Waals surface area contributed by atoms with Crippen molar-refractivity contribution in [1.29, 1.82) is 0 Å². The van der Waals surface area contributed by atoms with Gasteiger partial charge in [-0.05, 0) is 23.6 Å². The molecule has 3 heterocycles. The van der Waals surface area contributed by atoms with Crippen LogP contribution in [0.4, 0.5) is 0 Å². The first kappa shape index (κ1) is 17.0. The Hall–Kier alpha value is -2.45. The fraction of sp³-hybridized carbons (Fsp3) is 0.333. The Labute approximate surface area is 151 Å². The van der Waals surface area contributed by atoms with Crippen LogP contribution < -0.4 is 11.0 Å². The molecular formula is C18H20N4O3S. The van der Waals surface area contributed by atoms with Crippen LogP contribution in [0.5, 0.6) is 0 Å². The fourth-order valence-corrected chi connectivity index (χ4v) is 5.08. The lowest BCUT2D eigenvalue weighted by Gasteiger charge is -2.12. The topological polar surface area (TPSA) is 85.5 Å². The highest BCUT2D eigenvalue weighted by molar-refractivity contribution is 7.91. The Bertz CT molecular complexity index is 1120. The molecule has 0 bridgehead atoms. The number of aryl methyl sites for hydroxylation is 1. The lowest BCUT2D eigenvalue weighted by molar-refractivity contribution is 0.554. The van der Waals surface area contributed by atoms with Crippen LogP contribution in [-0.2, 0) is 23.4 Å². The lowest BCUT2D eigenvalue weighted by atomic mass is 10.1. The van der Waals surface area contributed by atoms with Crippen molar-refractivity contribution in [3.05, 3.63) is 58.6 Å². The van der Waals surface area contributed by atoms with Gasteiger partial charge in [-0.15, -0.1) is 5.10 Å². The van der Waals surface area contributed by atoms with E-state index in [1.165, 1.54) is 4.68 Å². The summed E-state index contributed by atoms with van der Waals surface area (Å²) in [5, 5.41) is 7.64. The van der Waals surface area contributed by atoms with Gasteiger partial charge in [0.2, 0.25) is 0 Å². The number of sulfone groups is 1. The largest absolute Gasteiger partial charge is 0.350 e. The van der Waals surface area contributed by atoms with Crippen molar-refractivity contribution in [2.24, 2.45) is 7.05 Å². The number of nitrogens with zero attached hydrogens (tertiary/aromatic N) is 3. The molecule has 4 rings (SSSR count). The molecule has 0 radical (unpaired) electrons. The van der Waals surface area contributed by atoms with E-state index >= 15 is 0 Å². The van der Waals surface area contributed by atoms with Crippen LogP contribution in [0.15, 0.2) is 47.4 Å². The fourth-order valence-electron chi connectivity index (χ4n) is 3.37. The van der Waals surface area contributed by atoms with E-state index in [1.54, 1.807) is 17.6 Å². The Morgan fingerprint density at radius 2 is 2.00 bits per heavy atom. The van der Waals surface area contributed by atoms with Gasteiger partial charge in [0.1, 0.15) is 0 Å². The van der Waals surface area contributed by atoms with E-state index in [2.05, 4.69) is 10.4 Å². The molecular weight excluding hydrogens is 352 g/mol. The molecule has 0 amide bonds. The Kier molecular flexibility index (Phi) is 4.16. The van der Waals surface area contributed by atoms with Gasteiger partial charge in [-0.3, -0.25) is 0 Å². The quantitative estimate of drug-likeness (QED) is 0.738. The molecule has 1 N–H and O–H groups in total. The van der Waals surface area contributed by atoms with E-state index in [0.29, 0.717) is 18.6 Å². The van der Waals surface area contributed by atoms with Crippen molar-refractivity contribution in [3.63, 3.8) is 0 Å². The molecule has 1 aromatic carbocycles. The summed E-state index contributed by atoms with van der Waals surface area (Å²) in [5.41, 5.74) is 3.18. The van der Waals surface area contributed by atoms with Gasteiger partial charge in [-0.25, -0.2) is 22.3 Å². The molecule has 0 spiro atoms. The van der Waals surface area contributed by atoms with E-state index in [1.807, 2.05) is 36.4 Å². The number of nitrogens with one attached hydrogen (secondary N) is 1. The molecule has 7 nitrogen and oxygen atoms in total. The van der Waals surface area contributed by atoms with Crippen molar-refractivity contribution in [1.82, 2.24) is 19.5 Å². The molecule has 1 atom stereocenters. The molecule has 8 heteroatoms. The van der Waals surface area contributed by atoms with E-state index in [9.17, 15) is 13.2 Å². The second-order valence-electron chi connectivity index (χ2n) is 6.70. The summed E-state index contributed by atoms with van der Waals surface area (Å²) >= 11 is 0. The zero-order valence-electron chi connectivity index (χ0n) is 14.4. The van der Waals surface area contributed by atoms with Crippen LogP contribution in [0.1, 0.15) is 12.0 Å².